The summed E-state index contributed by atoms with van der Waals surface area (Å²) in [5.41, 5.74) is 3.01. The van der Waals surface area contributed by atoms with Gasteiger partial charge in [-0.1, -0.05) is 126 Å². The summed E-state index contributed by atoms with van der Waals surface area (Å²) < 4.78 is 16.4. The average Bonchev–Trinajstić information content (AvgIpc) is 3.53. The molecule has 1 aliphatic rings. The smallest absolute Gasteiger partial charge is 0.407 e. The highest BCUT2D eigenvalue weighted by Crippen LogP contribution is 2.44. The Bertz CT molecular complexity index is 1720. The lowest BCUT2D eigenvalue weighted by molar-refractivity contribution is -0.159. The van der Waals surface area contributed by atoms with Crippen LogP contribution in [0.15, 0.2) is 48.5 Å². The van der Waals surface area contributed by atoms with Gasteiger partial charge in [0.25, 0.3) is 0 Å². The molecule has 0 saturated heterocycles. The van der Waals surface area contributed by atoms with Gasteiger partial charge in [-0.05, 0) is 89.5 Å². The molecule has 0 spiro atoms. The van der Waals surface area contributed by atoms with E-state index in [4.69, 9.17) is 14.2 Å². The average molecular weight is 878 g/mol. The summed E-state index contributed by atoms with van der Waals surface area (Å²) in [6, 6.07) is 13.5. The first-order valence-corrected chi connectivity index (χ1v) is 23.3. The first kappa shape index (κ1) is 52.4. The molecule has 2 aromatic rings. The first-order valence-electron chi connectivity index (χ1n) is 23.3. The van der Waals surface area contributed by atoms with Gasteiger partial charge < -0.3 is 35.3 Å². The largest absolute Gasteiger partial charge is 0.480 e. The number of amides is 3. The highest BCUT2D eigenvalue weighted by atomic mass is 16.6. The van der Waals surface area contributed by atoms with Crippen molar-refractivity contribution in [1.29, 1.82) is 0 Å². The molecule has 0 fully saturated rings. The molecule has 4 N–H and O–H groups in total. The number of hydrogen-bond donors (Lipinski definition) is 4. The Balaban J connectivity index is 1.27. The Morgan fingerprint density at radius 3 is 1.54 bits per heavy atom. The number of alkyl carbamates (subject to hydrolysis) is 1. The Labute approximate surface area is 375 Å². The third-order valence-corrected chi connectivity index (χ3v) is 10.8. The van der Waals surface area contributed by atoms with Gasteiger partial charge in [0, 0.05) is 31.7 Å². The molecule has 13 nitrogen and oxygen atoms in total. The zero-order valence-electron chi connectivity index (χ0n) is 38.8. The Hall–Kier alpha value is -4.94. The lowest BCUT2D eigenvalue weighted by Crippen LogP contribution is -2.45. The Morgan fingerprint density at radius 1 is 0.571 bits per heavy atom. The standard InChI is InChI=1S/C50H75N3O10/c1-49(2,3)62-45(56)30-20-18-16-14-12-10-8-7-9-11-13-15-17-19-29-44(55)52-42(47(59)63-50(4,5)6)31-32-43(54)51-34-33-41(46(57)58)53-48(60)61-35-40-38-27-23-21-25-36(38)37-26-22-24-28-39(37)40/h21-28,40-42H,7-20,29-35H2,1-6H3,(H,51,54)(H,52,55)(H,53,60)(H,57,58). The molecule has 3 amide bonds. The Morgan fingerprint density at radius 2 is 1.05 bits per heavy atom. The van der Waals surface area contributed by atoms with Gasteiger partial charge in [-0.3, -0.25) is 14.4 Å². The zero-order chi connectivity index (χ0) is 46.3. The van der Waals surface area contributed by atoms with E-state index in [2.05, 4.69) is 16.0 Å². The number of benzene rings is 2. The molecule has 3 rings (SSSR count). The van der Waals surface area contributed by atoms with Gasteiger partial charge in [0.1, 0.15) is 29.9 Å². The normalized spacial score (nSPS) is 13.2. The summed E-state index contributed by atoms with van der Waals surface area (Å²) >= 11 is 0. The predicted octanol–water partition coefficient (Wildman–Crippen LogP) is 9.67. The van der Waals surface area contributed by atoms with Gasteiger partial charge in [0.15, 0.2) is 0 Å². The van der Waals surface area contributed by atoms with Crippen LogP contribution in [0.3, 0.4) is 0 Å². The van der Waals surface area contributed by atoms with Gasteiger partial charge in [0.2, 0.25) is 11.8 Å². The highest BCUT2D eigenvalue weighted by molar-refractivity contribution is 5.86. The van der Waals surface area contributed by atoms with Crippen LogP contribution in [0.25, 0.3) is 11.1 Å². The van der Waals surface area contributed by atoms with E-state index in [-0.39, 0.29) is 56.6 Å². The second-order valence-electron chi connectivity index (χ2n) is 18.7. The minimum absolute atomic E-state index is 0.00267. The fraction of sp³-hybridized carbons (Fsp3) is 0.640. The first-order chi connectivity index (χ1) is 29.9. The molecule has 0 aromatic heterocycles. The van der Waals surface area contributed by atoms with Gasteiger partial charge in [-0.25, -0.2) is 14.4 Å². The van der Waals surface area contributed by atoms with E-state index in [1.807, 2.05) is 69.3 Å². The van der Waals surface area contributed by atoms with Crippen LogP contribution in [0.4, 0.5) is 4.79 Å². The van der Waals surface area contributed by atoms with Crippen LogP contribution >= 0.6 is 0 Å². The lowest BCUT2D eigenvalue weighted by Gasteiger charge is -2.24. The molecule has 1 aliphatic carbocycles. The van der Waals surface area contributed by atoms with Gasteiger partial charge in [0.05, 0.1) is 0 Å². The number of aliphatic carboxylic acids is 1. The second-order valence-corrected chi connectivity index (χ2v) is 18.7. The predicted molar refractivity (Wildman–Crippen MR) is 244 cm³/mol. The number of ether oxygens (including phenoxy) is 3. The minimum Gasteiger partial charge on any atom is -0.480 e. The van der Waals surface area contributed by atoms with Gasteiger partial charge in [-0.2, -0.15) is 0 Å². The fourth-order valence-corrected chi connectivity index (χ4v) is 7.72. The van der Waals surface area contributed by atoms with E-state index in [1.54, 1.807) is 20.8 Å². The number of carboxylic acids is 1. The van der Waals surface area contributed by atoms with Crippen molar-refractivity contribution in [2.45, 2.75) is 193 Å². The van der Waals surface area contributed by atoms with Crippen LogP contribution in [0, 0.1) is 0 Å². The molecule has 0 aliphatic heterocycles. The number of carboxylic acid groups (broad SMARTS) is 1. The number of nitrogens with one attached hydrogen (secondary N) is 3. The molecule has 0 bridgehead atoms. The maximum absolute atomic E-state index is 13.0. The topological polar surface area (TPSA) is 186 Å². The van der Waals surface area contributed by atoms with Crippen LogP contribution in [0.5, 0.6) is 0 Å². The third kappa shape index (κ3) is 21.3. The molecule has 0 heterocycles. The summed E-state index contributed by atoms with van der Waals surface area (Å²) in [6.45, 7) is 10.8. The molecular weight excluding hydrogens is 803 g/mol. The second kappa shape index (κ2) is 27.3. The molecule has 350 valence electrons. The number of esters is 2. The highest BCUT2D eigenvalue weighted by Gasteiger charge is 2.30. The summed E-state index contributed by atoms with van der Waals surface area (Å²) in [5, 5.41) is 17.6. The lowest BCUT2D eigenvalue weighted by atomic mass is 9.98. The van der Waals surface area contributed by atoms with E-state index in [0.29, 0.717) is 12.8 Å². The third-order valence-electron chi connectivity index (χ3n) is 10.8. The molecule has 63 heavy (non-hydrogen) atoms. The SMILES string of the molecule is CC(C)(C)OC(=O)CCCCCCCCCCCCCCCCC(=O)NC(CCC(=O)NCCC(NC(=O)OCC1c2ccccc2-c2ccccc21)C(=O)O)C(=O)OC(C)(C)C. The quantitative estimate of drug-likeness (QED) is 0.0348. The molecule has 2 unspecified atom stereocenters. The van der Waals surface area contributed by atoms with Crippen molar-refractivity contribution in [3.05, 3.63) is 59.7 Å². The Kier molecular flexibility index (Phi) is 22.7. The van der Waals surface area contributed by atoms with E-state index in [9.17, 15) is 33.9 Å². The van der Waals surface area contributed by atoms with E-state index >= 15 is 0 Å². The van der Waals surface area contributed by atoms with Crippen molar-refractivity contribution in [2.75, 3.05) is 13.2 Å². The van der Waals surface area contributed by atoms with Crippen molar-refractivity contribution >= 4 is 35.8 Å². The van der Waals surface area contributed by atoms with Crippen LogP contribution in [-0.2, 0) is 38.2 Å². The van der Waals surface area contributed by atoms with Crippen molar-refractivity contribution < 1.29 is 48.1 Å². The maximum Gasteiger partial charge on any atom is 0.407 e. The van der Waals surface area contributed by atoms with Crippen molar-refractivity contribution in [1.82, 2.24) is 16.0 Å². The summed E-state index contributed by atoms with van der Waals surface area (Å²) in [5.74, 6) is -2.91. The van der Waals surface area contributed by atoms with E-state index in [1.165, 1.54) is 44.9 Å². The zero-order valence-corrected chi connectivity index (χ0v) is 38.8. The number of carbonyl (C=O) groups excluding carboxylic acids is 5. The van der Waals surface area contributed by atoms with Crippen LogP contribution in [0.2, 0.25) is 0 Å². The van der Waals surface area contributed by atoms with Crippen LogP contribution in [-0.4, -0.2) is 77.4 Å². The molecule has 2 aromatic carbocycles. The van der Waals surface area contributed by atoms with E-state index < -0.39 is 47.2 Å². The summed E-state index contributed by atoms with van der Waals surface area (Å²) in [4.78, 5) is 75.2. The molecule has 0 saturated carbocycles. The molecule has 0 radical (unpaired) electrons. The minimum atomic E-state index is -1.31. The monoisotopic (exact) mass is 878 g/mol. The van der Waals surface area contributed by atoms with Gasteiger partial charge in [-0.15, -0.1) is 0 Å². The van der Waals surface area contributed by atoms with E-state index in [0.717, 1.165) is 60.8 Å². The summed E-state index contributed by atoms with van der Waals surface area (Å²) in [6.07, 6.45) is 15.1. The van der Waals surface area contributed by atoms with Crippen LogP contribution < -0.4 is 16.0 Å². The molecule has 13 heteroatoms. The van der Waals surface area contributed by atoms with Crippen molar-refractivity contribution in [3.63, 3.8) is 0 Å². The molecule has 2 atom stereocenters. The van der Waals surface area contributed by atoms with Crippen molar-refractivity contribution in [2.24, 2.45) is 0 Å². The van der Waals surface area contributed by atoms with Crippen LogP contribution in [0.1, 0.15) is 181 Å². The number of fused-ring (bicyclic) bond motifs is 3. The number of unbranched alkanes of at least 4 members (excludes halogenated alkanes) is 13. The fourth-order valence-electron chi connectivity index (χ4n) is 7.72. The number of hydrogen-bond acceptors (Lipinski definition) is 9. The summed E-state index contributed by atoms with van der Waals surface area (Å²) in [7, 11) is 0. The maximum atomic E-state index is 13.0. The van der Waals surface area contributed by atoms with Crippen molar-refractivity contribution in [3.8, 4) is 11.1 Å². The number of rotatable bonds is 29. The van der Waals surface area contributed by atoms with Gasteiger partial charge >= 0.3 is 24.0 Å². The number of carbonyl (C=O) groups is 6. The molecular formula is C50H75N3O10.